The fourth-order valence-corrected chi connectivity index (χ4v) is 3.14. The summed E-state index contributed by atoms with van der Waals surface area (Å²) in [6.45, 7) is 11.5. The summed E-state index contributed by atoms with van der Waals surface area (Å²) in [6, 6.07) is 11.0. The maximum atomic E-state index is 13.3. The second-order valence-corrected chi connectivity index (χ2v) is 6.82. The van der Waals surface area contributed by atoms with Gasteiger partial charge in [-0.2, -0.15) is 0 Å². The van der Waals surface area contributed by atoms with Crippen molar-refractivity contribution in [3.63, 3.8) is 0 Å². The Morgan fingerprint density at radius 1 is 1.07 bits per heavy atom. The molecule has 2 aromatic carbocycles. The molecule has 152 valence electrons. The van der Waals surface area contributed by atoms with Crippen LogP contribution in [-0.2, 0) is 0 Å². The largest absolute Gasteiger partial charge is 0.504 e. The summed E-state index contributed by atoms with van der Waals surface area (Å²) in [5.74, 6) is 0.791. The van der Waals surface area contributed by atoms with Crippen LogP contribution in [0.4, 0.5) is 0 Å². The van der Waals surface area contributed by atoms with Gasteiger partial charge in [0.25, 0.3) is 5.56 Å². The Hall–Kier alpha value is -3.86. The zero-order chi connectivity index (χ0) is 21.8. The van der Waals surface area contributed by atoms with E-state index >= 15 is 0 Å². The molecular weight excluding hydrogens is 376 g/mol. The minimum Gasteiger partial charge on any atom is -0.504 e. The fourth-order valence-electron chi connectivity index (χ4n) is 3.14. The van der Waals surface area contributed by atoms with Crippen molar-refractivity contribution in [1.82, 2.24) is 9.55 Å². The molecule has 5 nitrogen and oxygen atoms in total. The zero-order valence-corrected chi connectivity index (χ0v) is 17.3. The first-order valence-corrected chi connectivity index (χ1v) is 9.44. The van der Waals surface area contributed by atoms with Crippen molar-refractivity contribution >= 4 is 24.3 Å². The van der Waals surface area contributed by atoms with Gasteiger partial charge in [-0.1, -0.05) is 37.4 Å². The van der Waals surface area contributed by atoms with Gasteiger partial charge in [-0.3, -0.25) is 9.36 Å². The summed E-state index contributed by atoms with van der Waals surface area (Å²) in [6.07, 6.45) is 6.40. The number of aromatic hydroxyl groups is 1. The van der Waals surface area contributed by atoms with Gasteiger partial charge in [0.15, 0.2) is 11.5 Å². The number of phenolic OH excluding ortho intramolecular Hbond substituents is 1. The Bertz CT molecular complexity index is 1220. The first-order chi connectivity index (χ1) is 14.4. The third-order valence-corrected chi connectivity index (χ3v) is 4.98. The quantitative estimate of drug-likeness (QED) is 0.631. The van der Waals surface area contributed by atoms with Crippen LogP contribution in [-0.4, -0.2) is 21.8 Å². The van der Waals surface area contributed by atoms with Crippen LogP contribution in [0.1, 0.15) is 33.8 Å². The van der Waals surface area contributed by atoms with Gasteiger partial charge in [0.05, 0.1) is 24.1 Å². The van der Waals surface area contributed by atoms with Gasteiger partial charge in [-0.25, -0.2) is 4.98 Å². The topological polar surface area (TPSA) is 64.3 Å². The van der Waals surface area contributed by atoms with Crippen molar-refractivity contribution in [2.24, 2.45) is 0 Å². The molecule has 0 radical (unpaired) electrons. The molecule has 0 unspecified atom stereocenters. The summed E-state index contributed by atoms with van der Waals surface area (Å²) >= 11 is 0. The minimum absolute atomic E-state index is 0.0167. The molecule has 0 bridgehead atoms. The number of nitrogens with zero attached hydrogens (tertiary/aromatic N) is 2. The highest BCUT2D eigenvalue weighted by Gasteiger charge is 2.14. The Balaban J connectivity index is 2.26. The lowest BCUT2D eigenvalue weighted by atomic mass is 10.1. The molecule has 5 heteroatoms. The highest BCUT2D eigenvalue weighted by molar-refractivity contribution is 5.73. The molecule has 0 spiro atoms. The first-order valence-electron chi connectivity index (χ1n) is 9.44. The Labute approximate surface area is 175 Å². The van der Waals surface area contributed by atoms with E-state index in [1.807, 2.05) is 32.0 Å². The van der Waals surface area contributed by atoms with Crippen molar-refractivity contribution in [3.8, 4) is 17.2 Å². The van der Waals surface area contributed by atoms with Crippen LogP contribution >= 0.6 is 0 Å². The van der Waals surface area contributed by atoms with E-state index in [2.05, 4.69) is 18.1 Å². The normalized spacial score (nSPS) is 10.9. The van der Waals surface area contributed by atoms with E-state index in [1.165, 1.54) is 23.8 Å². The summed E-state index contributed by atoms with van der Waals surface area (Å²) in [4.78, 5) is 17.9. The lowest BCUT2D eigenvalue weighted by Gasteiger charge is -2.14. The molecule has 1 N–H and O–H groups in total. The van der Waals surface area contributed by atoms with Crippen LogP contribution in [0.2, 0.25) is 0 Å². The minimum atomic E-state index is -0.243. The molecule has 0 saturated carbocycles. The van der Waals surface area contributed by atoms with Gasteiger partial charge >= 0.3 is 0 Å². The number of hydrogen-bond acceptors (Lipinski definition) is 4. The van der Waals surface area contributed by atoms with Crippen LogP contribution in [0, 0.1) is 13.8 Å². The number of hydrogen-bond donors (Lipinski definition) is 1. The first kappa shape index (κ1) is 20.9. The average molecular weight is 400 g/mol. The van der Waals surface area contributed by atoms with Crippen molar-refractivity contribution in [2.45, 2.75) is 13.8 Å². The van der Waals surface area contributed by atoms with Crippen LogP contribution in [0.15, 0.2) is 54.4 Å². The molecule has 0 fully saturated rings. The van der Waals surface area contributed by atoms with E-state index in [0.29, 0.717) is 34.1 Å². The fraction of sp³-hybridized carbons (Fsp3) is 0.120. The van der Waals surface area contributed by atoms with E-state index in [0.717, 1.165) is 11.1 Å². The monoisotopic (exact) mass is 400 g/mol. The summed E-state index contributed by atoms with van der Waals surface area (Å²) in [7, 11) is 1.49. The molecule has 30 heavy (non-hydrogen) atoms. The number of benzene rings is 2. The van der Waals surface area contributed by atoms with Gasteiger partial charge in [-0.05, 0) is 61.4 Å². The van der Waals surface area contributed by atoms with Crippen molar-refractivity contribution in [3.05, 3.63) is 93.7 Å². The standard InChI is InChI=1S/C25H24N2O3/c1-6-20-21(7-2)26-23(14-12-18-9-8-10-22(30-5)24(18)28)27(25(20)29)19-13-11-16(3)17(4)15-19/h6-15,28H,1-2H2,3-5H3/b14-12+. The molecule has 3 aromatic rings. The Morgan fingerprint density at radius 3 is 2.47 bits per heavy atom. The molecule has 0 saturated heterocycles. The number of aryl methyl sites for hydroxylation is 2. The zero-order valence-electron chi connectivity index (χ0n) is 17.3. The molecule has 0 amide bonds. The van der Waals surface area contributed by atoms with Gasteiger partial charge < -0.3 is 9.84 Å². The highest BCUT2D eigenvalue weighted by Crippen LogP contribution is 2.30. The number of phenols is 1. The van der Waals surface area contributed by atoms with E-state index in [-0.39, 0.29) is 11.3 Å². The number of aromatic nitrogens is 2. The van der Waals surface area contributed by atoms with E-state index in [4.69, 9.17) is 4.74 Å². The van der Waals surface area contributed by atoms with E-state index in [9.17, 15) is 9.90 Å². The van der Waals surface area contributed by atoms with E-state index in [1.54, 1.807) is 30.4 Å². The van der Waals surface area contributed by atoms with Crippen LogP contribution in [0.3, 0.4) is 0 Å². The second kappa shape index (κ2) is 8.66. The third-order valence-electron chi connectivity index (χ3n) is 4.98. The predicted molar refractivity (Wildman–Crippen MR) is 123 cm³/mol. The maximum absolute atomic E-state index is 13.3. The van der Waals surface area contributed by atoms with E-state index < -0.39 is 0 Å². The Kier molecular flexibility index (Phi) is 6.02. The molecule has 1 heterocycles. The highest BCUT2D eigenvalue weighted by atomic mass is 16.5. The smallest absolute Gasteiger partial charge is 0.266 e. The predicted octanol–water partition coefficient (Wildman–Crippen LogP) is 5.02. The van der Waals surface area contributed by atoms with Crippen LogP contribution in [0.25, 0.3) is 30.0 Å². The molecule has 3 rings (SSSR count). The number of methoxy groups -OCH3 is 1. The van der Waals surface area contributed by atoms with Gasteiger partial charge in [0.2, 0.25) is 0 Å². The number of ether oxygens (including phenoxy) is 1. The van der Waals surface area contributed by atoms with Crippen molar-refractivity contribution in [2.75, 3.05) is 7.11 Å². The molecule has 0 aliphatic carbocycles. The lowest BCUT2D eigenvalue weighted by Crippen LogP contribution is -2.25. The second-order valence-electron chi connectivity index (χ2n) is 6.82. The SMILES string of the molecule is C=Cc1nc(/C=C/c2cccc(OC)c2O)n(-c2ccc(C)c(C)c2)c(=O)c1C=C. The number of rotatable bonds is 6. The summed E-state index contributed by atoms with van der Waals surface area (Å²) < 4.78 is 6.69. The lowest BCUT2D eigenvalue weighted by molar-refractivity contribution is 0.373. The maximum Gasteiger partial charge on any atom is 0.266 e. The van der Waals surface area contributed by atoms with Gasteiger partial charge in [0.1, 0.15) is 5.82 Å². The molecule has 1 aromatic heterocycles. The van der Waals surface area contributed by atoms with Crippen LogP contribution < -0.4 is 10.3 Å². The van der Waals surface area contributed by atoms with Gasteiger partial charge in [0, 0.05) is 5.56 Å². The van der Waals surface area contributed by atoms with Gasteiger partial charge in [-0.15, -0.1) is 0 Å². The molecule has 0 aliphatic rings. The molecular formula is C25H24N2O3. The average Bonchev–Trinajstić information content (AvgIpc) is 2.74. The molecule has 0 atom stereocenters. The Morgan fingerprint density at radius 2 is 1.83 bits per heavy atom. The van der Waals surface area contributed by atoms with Crippen LogP contribution in [0.5, 0.6) is 11.5 Å². The van der Waals surface area contributed by atoms with Crippen molar-refractivity contribution < 1.29 is 9.84 Å². The summed E-state index contributed by atoms with van der Waals surface area (Å²) in [5, 5.41) is 10.4. The third kappa shape index (κ3) is 3.82. The molecule has 0 aliphatic heterocycles. The van der Waals surface area contributed by atoms with Crippen molar-refractivity contribution in [1.29, 1.82) is 0 Å². The number of para-hydroxylation sites is 1. The summed E-state index contributed by atoms with van der Waals surface area (Å²) in [5.41, 5.74) is 4.02.